The number of aryl methyl sites for hydroxylation is 1. The summed E-state index contributed by atoms with van der Waals surface area (Å²) < 4.78 is 31.4. The van der Waals surface area contributed by atoms with Crippen LogP contribution in [0.1, 0.15) is 12.0 Å². The van der Waals surface area contributed by atoms with Gasteiger partial charge in [0.2, 0.25) is 0 Å². The molecule has 1 aromatic heterocycles. The third-order valence-corrected chi connectivity index (χ3v) is 2.74. The Morgan fingerprint density at radius 1 is 1.53 bits per heavy atom. The molecular weight excluding hydrogens is 214 g/mol. The molecule has 0 aliphatic carbocycles. The molecule has 5 heteroatoms. The number of hydrogen-bond donors (Lipinski definition) is 1. The van der Waals surface area contributed by atoms with Crippen molar-refractivity contribution in [3.63, 3.8) is 0 Å². The quantitative estimate of drug-likeness (QED) is 0.601. The standard InChI is InChI=1S/C10H13NO3S/c1-2-10-5-3-6-11(9-10)7-4-8-15(12,13)14/h2-3,5-6,9H,1,4,7-8H2/p+1. The molecule has 1 aromatic rings. The van der Waals surface area contributed by atoms with E-state index in [4.69, 9.17) is 4.55 Å². The molecular formula is C10H14NO3S+. The van der Waals surface area contributed by atoms with Crippen LogP contribution in [0.15, 0.2) is 31.1 Å². The van der Waals surface area contributed by atoms with Crippen molar-refractivity contribution in [2.75, 3.05) is 5.75 Å². The maximum absolute atomic E-state index is 10.5. The number of rotatable bonds is 5. The zero-order chi connectivity index (χ0) is 11.3. The minimum absolute atomic E-state index is 0.210. The van der Waals surface area contributed by atoms with Crippen LogP contribution in [-0.2, 0) is 16.7 Å². The lowest BCUT2D eigenvalue weighted by Crippen LogP contribution is -2.33. The summed E-state index contributed by atoms with van der Waals surface area (Å²) >= 11 is 0. The van der Waals surface area contributed by atoms with Crippen LogP contribution in [0.5, 0.6) is 0 Å². The third kappa shape index (κ3) is 4.71. The van der Waals surface area contributed by atoms with E-state index in [0.29, 0.717) is 13.0 Å². The van der Waals surface area contributed by atoms with Gasteiger partial charge in [0.05, 0.1) is 5.75 Å². The zero-order valence-electron chi connectivity index (χ0n) is 8.33. The van der Waals surface area contributed by atoms with Gasteiger partial charge in [0.1, 0.15) is 6.54 Å². The van der Waals surface area contributed by atoms with Crippen LogP contribution < -0.4 is 4.57 Å². The molecule has 0 unspecified atom stereocenters. The van der Waals surface area contributed by atoms with Crippen molar-refractivity contribution < 1.29 is 17.5 Å². The predicted octanol–water partition coefficient (Wildman–Crippen LogP) is 0.895. The fourth-order valence-corrected chi connectivity index (χ4v) is 1.73. The van der Waals surface area contributed by atoms with Gasteiger partial charge in [-0.2, -0.15) is 8.42 Å². The molecule has 0 saturated carbocycles. The van der Waals surface area contributed by atoms with E-state index in [2.05, 4.69) is 6.58 Å². The molecule has 1 N–H and O–H groups in total. The lowest BCUT2D eigenvalue weighted by molar-refractivity contribution is -0.696. The highest BCUT2D eigenvalue weighted by Gasteiger charge is 2.07. The first-order valence-electron chi connectivity index (χ1n) is 4.58. The minimum atomic E-state index is -3.84. The molecule has 4 nitrogen and oxygen atoms in total. The van der Waals surface area contributed by atoms with Crippen molar-refractivity contribution in [3.8, 4) is 0 Å². The third-order valence-electron chi connectivity index (χ3n) is 1.94. The summed E-state index contributed by atoms with van der Waals surface area (Å²) in [6.45, 7) is 4.20. The molecule has 15 heavy (non-hydrogen) atoms. The first-order chi connectivity index (χ1) is 7.01. The Hall–Kier alpha value is -1.20. The van der Waals surface area contributed by atoms with Crippen LogP contribution in [0.25, 0.3) is 6.08 Å². The summed E-state index contributed by atoms with van der Waals surface area (Å²) in [6.07, 6.45) is 5.83. The van der Waals surface area contributed by atoms with Crippen LogP contribution in [0.4, 0.5) is 0 Å². The number of pyridine rings is 1. The van der Waals surface area contributed by atoms with Crippen molar-refractivity contribution in [1.82, 2.24) is 0 Å². The molecule has 0 aromatic carbocycles. The highest BCUT2D eigenvalue weighted by atomic mass is 32.2. The average molecular weight is 228 g/mol. The summed E-state index contributed by atoms with van der Waals surface area (Å²) in [4.78, 5) is 0. The fourth-order valence-electron chi connectivity index (χ4n) is 1.23. The van der Waals surface area contributed by atoms with Crippen molar-refractivity contribution in [1.29, 1.82) is 0 Å². The van der Waals surface area contributed by atoms with E-state index in [-0.39, 0.29) is 5.75 Å². The fraction of sp³-hybridized carbons (Fsp3) is 0.300. The van der Waals surface area contributed by atoms with E-state index in [9.17, 15) is 8.42 Å². The van der Waals surface area contributed by atoms with Crippen molar-refractivity contribution in [3.05, 3.63) is 36.7 Å². The van der Waals surface area contributed by atoms with E-state index in [1.54, 1.807) is 6.08 Å². The monoisotopic (exact) mass is 228 g/mol. The molecule has 1 rings (SSSR count). The van der Waals surface area contributed by atoms with Crippen LogP contribution in [0.3, 0.4) is 0 Å². The molecule has 0 aliphatic rings. The van der Waals surface area contributed by atoms with Crippen LogP contribution in [0.2, 0.25) is 0 Å². The van der Waals surface area contributed by atoms with Crippen LogP contribution in [0, 0.1) is 0 Å². The van der Waals surface area contributed by atoms with Gasteiger partial charge in [-0.3, -0.25) is 4.55 Å². The Kier molecular flexibility index (Phi) is 3.99. The summed E-state index contributed by atoms with van der Waals surface area (Å²) in [5.74, 6) is -0.210. The Labute approximate surface area is 89.6 Å². The van der Waals surface area contributed by atoms with Crippen LogP contribution in [-0.4, -0.2) is 18.7 Å². The minimum Gasteiger partial charge on any atom is -0.286 e. The summed E-state index contributed by atoms with van der Waals surface area (Å²) in [6, 6.07) is 3.77. The normalized spacial score (nSPS) is 11.3. The van der Waals surface area contributed by atoms with E-state index in [1.165, 1.54) is 0 Å². The van der Waals surface area contributed by atoms with Crippen molar-refractivity contribution in [2.24, 2.45) is 0 Å². The largest absolute Gasteiger partial charge is 0.286 e. The molecule has 0 fully saturated rings. The predicted molar refractivity (Wildman–Crippen MR) is 57.8 cm³/mol. The average Bonchev–Trinajstić information content (AvgIpc) is 2.16. The molecule has 82 valence electrons. The van der Waals surface area contributed by atoms with Gasteiger partial charge in [-0.25, -0.2) is 4.57 Å². The second-order valence-corrected chi connectivity index (χ2v) is 4.79. The molecule has 1 heterocycles. The first-order valence-corrected chi connectivity index (χ1v) is 6.19. The van der Waals surface area contributed by atoms with Crippen LogP contribution >= 0.6 is 0 Å². The topological polar surface area (TPSA) is 58.2 Å². The number of aromatic nitrogens is 1. The van der Waals surface area contributed by atoms with Gasteiger partial charge in [-0.05, 0) is 6.07 Å². The second kappa shape index (κ2) is 5.04. The van der Waals surface area contributed by atoms with Gasteiger partial charge in [-0.1, -0.05) is 12.7 Å². The van der Waals surface area contributed by atoms with Gasteiger partial charge in [-0.15, -0.1) is 0 Å². The molecule has 0 saturated heterocycles. The molecule has 0 atom stereocenters. The highest BCUT2D eigenvalue weighted by molar-refractivity contribution is 7.85. The molecule has 0 spiro atoms. The maximum Gasteiger partial charge on any atom is 0.265 e. The summed E-state index contributed by atoms with van der Waals surface area (Å²) in [5, 5.41) is 0. The maximum atomic E-state index is 10.5. The summed E-state index contributed by atoms with van der Waals surface area (Å²) in [5.41, 5.74) is 0.976. The molecule has 0 aliphatic heterocycles. The SMILES string of the molecule is C=Cc1ccc[n+](CCCS(=O)(=O)O)c1. The van der Waals surface area contributed by atoms with Gasteiger partial charge in [0.25, 0.3) is 10.1 Å². The Morgan fingerprint density at radius 3 is 2.87 bits per heavy atom. The van der Waals surface area contributed by atoms with E-state index < -0.39 is 10.1 Å². The second-order valence-electron chi connectivity index (χ2n) is 3.22. The Morgan fingerprint density at radius 2 is 2.27 bits per heavy atom. The van der Waals surface area contributed by atoms with E-state index >= 15 is 0 Å². The Balaban J connectivity index is 2.54. The molecule has 0 radical (unpaired) electrons. The molecule has 0 bridgehead atoms. The highest BCUT2D eigenvalue weighted by Crippen LogP contribution is 1.96. The van der Waals surface area contributed by atoms with Gasteiger partial charge < -0.3 is 0 Å². The van der Waals surface area contributed by atoms with E-state index in [0.717, 1.165) is 5.56 Å². The lowest BCUT2D eigenvalue weighted by atomic mass is 10.3. The first kappa shape index (κ1) is 11.9. The number of hydrogen-bond acceptors (Lipinski definition) is 2. The smallest absolute Gasteiger partial charge is 0.265 e. The van der Waals surface area contributed by atoms with Crippen molar-refractivity contribution >= 4 is 16.2 Å². The number of nitrogens with zero attached hydrogens (tertiary/aromatic N) is 1. The molecule has 0 amide bonds. The van der Waals surface area contributed by atoms with Crippen molar-refractivity contribution in [2.45, 2.75) is 13.0 Å². The van der Waals surface area contributed by atoms with Gasteiger partial charge in [0, 0.05) is 18.1 Å². The van der Waals surface area contributed by atoms with E-state index in [1.807, 2.05) is 29.1 Å². The lowest BCUT2D eigenvalue weighted by Gasteiger charge is -1.97. The van der Waals surface area contributed by atoms with Gasteiger partial charge >= 0.3 is 0 Å². The Bertz CT molecular complexity index is 440. The summed E-state index contributed by atoms with van der Waals surface area (Å²) in [7, 11) is -3.84. The van der Waals surface area contributed by atoms with Gasteiger partial charge in [0.15, 0.2) is 12.4 Å². The zero-order valence-corrected chi connectivity index (χ0v) is 9.15.